The fraction of sp³-hybridized carbons (Fsp3) is 0.667. The highest BCUT2D eigenvalue weighted by atomic mass is 16.1. The van der Waals surface area contributed by atoms with Crippen LogP contribution >= 0.6 is 0 Å². The molecule has 0 bridgehead atoms. The monoisotopic (exact) mass is 170 g/mol. The number of hydrogen-bond donors (Lipinski definition) is 2. The van der Waals surface area contributed by atoms with E-state index in [1.165, 1.54) is 0 Å². The Morgan fingerprint density at radius 1 is 1.67 bits per heavy atom. The average Bonchev–Trinajstić information content (AvgIpc) is 1.84. The van der Waals surface area contributed by atoms with Crippen LogP contribution in [0.5, 0.6) is 0 Å². The van der Waals surface area contributed by atoms with Crippen molar-refractivity contribution in [1.82, 2.24) is 5.32 Å². The predicted molar refractivity (Wildman–Crippen MR) is 50.7 cm³/mol. The third-order valence-electron chi connectivity index (χ3n) is 1.57. The predicted octanol–water partition coefficient (Wildman–Crippen LogP) is 0.806. The average molecular weight is 170 g/mol. The summed E-state index contributed by atoms with van der Waals surface area (Å²) in [6.45, 7) is 8.36. The molecule has 3 N–H and O–H groups in total. The van der Waals surface area contributed by atoms with E-state index in [1.54, 1.807) is 0 Å². The van der Waals surface area contributed by atoms with Gasteiger partial charge in [0.25, 0.3) is 0 Å². The standard InChI is InChI=1S/C9H18N2O/c1-4-5-6-11-9(2,3)7-8(10)12/h4,11H,1,5-7H2,2-3H3,(H2,10,12). The second kappa shape index (κ2) is 4.93. The molecule has 0 aliphatic rings. The lowest BCUT2D eigenvalue weighted by Crippen LogP contribution is -2.42. The van der Waals surface area contributed by atoms with Crippen LogP contribution in [0.4, 0.5) is 0 Å². The van der Waals surface area contributed by atoms with Gasteiger partial charge in [-0.25, -0.2) is 0 Å². The first kappa shape index (κ1) is 11.2. The molecule has 0 aromatic rings. The first-order chi connectivity index (χ1) is 5.48. The van der Waals surface area contributed by atoms with Crippen LogP contribution in [0.1, 0.15) is 26.7 Å². The first-order valence-electron chi connectivity index (χ1n) is 4.12. The largest absolute Gasteiger partial charge is 0.370 e. The first-order valence-corrected chi connectivity index (χ1v) is 4.12. The molecular weight excluding hydrogens is 152 g/mol. The molecule has 70 valence electrons. The molecule has 3 heteroatoms. The van der Waals surface area contributed by atoms with E-state index in [0.717, 1.165) is 13.0 Å². The van der Waals surface area contributed by atoms with E-state index in [-0.39, 0.29) is 11.4 Å². The molecule has 0 rings (SSSR count). The van der Waals surface area contributed by atoms with E-state index in [4.69, 9.17) is 5.73 Å². The van der Waals surface area contributed by atoms with E-state index >= 15 is 0 Å². The molecule has 0 radical (unpaired) electrons. The molecule has 12 heavy (non-hydrogen) atoms. The fourth-order valence-corrected chi connectivity index (χ4v) is 1.01. The van der Waals surface area contributed by atoms with Crippen LogP contribution in [0.2, 0.25) is 0 Å². The molecule has 0 atom stereocenters. The summed E-state index contributed by atoms with van der Waals surface area (Å²) in [5.41, 5.74) is 4.88. The molecule has 3 nitrogen and oxygen atoms in total. The summed E-state index contributed by atoms with van der Waals surface area (Å²) in [7, 11) is 0. The lowest BCUT2D eigenvalue weighted by Gasteiger charge is -2.24. The van der Waals surface area contributed by atoms with Crippen molar-refractivity contribution in [2.24, 2.45) is 5.73 Å². The van der Waals surface area contributed by atoms with Crippen molar-refractivity contribution in [3.05, 3.63) is 12.7 Å². The minimum absolute atomic E-state index is 0.200. The van der Waals surface area contributed by atoms with Crippen LogP contribution in [-0.4, -0.2) is 18.0 Å². The van der Waals surface area contributed by atoms with Crippen LogP contribution in [-0.2, 0) is 4.79 Å². The molecule has 0 aliphatic carbocycles. The maximum Gasteiger partial charge on any atom is 0.219 e. The van der Waals surface area contributed by atoms with Crippen LogP contribution < -0.4 is 11.1 Å². The SMILES string of the molecule is C=CCCNC(C)(C)CC(N)=O. The summed E-state index contributed by atoms with van der Waals surface area (Å²) in [6.07, 6.45) is 3.11. The zero-order chi connectivity index (χ0) is 9.61. The van der Waals surface area contributed by atoms with Crippen molar-refractivity contribution in [2.45, 2.75) is 32.2 Å². The third-order valence-corrected chi connectivity index (χ3v) is 1.57. The van der Waals surface area contributed by atoms with Gasteiger partial charge in [-0.15, -0.1) is 6.58 Å². The normalized spacial score (nSPS) is 11.2. The Morgan fingerprint density at radius 3 is 2.67 bits per heavy atom. The fourth-order valence-electron chi connectivity index (χ4n) is 1.01. The quantitative estimate of drug-likeness (QED) is 0.458. The van der Waals surface area contributed by atoms with Crippen molar-refractivity contribution in [3.8, 4) is 0 Å². The second-order valence-electron chi connectivity index (χ2n) is 3.53. The van der Waals surface area contributed by atoms with Gasteiger partial charge in [0.05, 0.1) is 0 Å². The maximum atomic E-state index is 10.6. The molecule has 1 amide bonds. The summed E-state index contributed by atoms with van der Waals surface area (Å²) in [5.74, 6) is -0.272. The minimum Gasteiger partial charge on any atom is -0.370 e. The summed E-state index contributed by atoms with van der Waals surface area (Å²) >= 11 is 0. The number of rotatable bonds is 6. The van der Waals surface area contributed by atoms with Gasteiger partial charge in [-0.05, 0) is 26.8 Å². The topological polar surface area (TPSA) is 55.1 Å². The van der Waals surface area contributed by atoms with Crippen molar-refractivity contribution >= 4 is 5.91 Å². The molecule has 0 unspecified atom stereocenters. The summed E-state index contributed by atoms with van der Waals surface area (Å²) < 4.78 is 0. The van der Waals surface area contributed by atoms with E-state index in [0.29, 0.717) is 6.42 Å². The molecular formula is C9H18N2O. The maximum absolute atomic E-state index is 10.6. The van der Waals surface area contributed by atoms with Crippen molar-refractivity contribution in [1.29, 1.82) is 0 Å². The van der Waals surface area contributed by atoms with E-state index in [2.05, 4.69) is 11.9 Å². The van der Waals surface area contributed by atoms with E-state index < -0.39 is 0 Å². The van der Waals surface area contributed by atoms with Gasteiger partial charge in [-0.2, -0.15) is 0 Å². The third kappa shape index (κ3) is 5.92. The number of primary amides is 1. The highest BCUT2D eigenvalue weighted by Crippen LogP contribution is 2.06. The molecule has 0 heterocycles. The lowest BCUT2D eigenvalue weighted by atomic mass is 10.0. The number of amides is 1. The smallest absolute Gasteiger partial charge is 0.219 e. The van der Waals surface area contributed by atoms with Gasteiger partial charge in [0, 0.05) is 12.0 Å². The van der Waals surface area contributed by atoms with Crippen LogP contribution in [0.25, 0.3) is 0 Å². The summed E-state index contributed by atoms with van der Waals surface area (Å²) in [4.78, 5) is 10.6. The molecule has 0 spiro atoms. The Bertz CT molecular complexity index is 164. The van der Waals surface area contributed by atoms with Gasteiger partial charge >= 0.3 is 0 Å². The molecule has 0 fully saturated rings. The van der Waals surface area contributed by atoms with Gasteiger partial charge in [0.1, 0.15) is 0 Å². The molecule has 0 saturated carbocycles. The van der Waals surface area contributed by atoms with Gasteiger partial charge in [-0.1, -0.05) is 6.08 Å². The highest BCUT2D eigenvalue weighted by Gasteiger charge is 2.18. The number of nitrogens with two attached hydrogens (primary N) is 1. The van der Waals surface area contributed by atoms with E-state index in [1.807, 2.05) is 19.9 Å². The molecule has 0 saturated heterocycles. The van der Waals surface area contributed by atoms with Gasteiger partial charge in [-0.3, -0.25) is 4.79 Å². The van der Waals surface area contributed by atoms with Crippen molar-refractivity contribution in [3.63, 3.8) is 0 Å². The number of carbonyl (C=O) groups excluding carboxylic acids is 1. The van der Waals surface area contributed by atoms with E-state index in [9.17, 15) is 4.79 Å². The Balaban J connectivity index is 3.70. The van der Waals surface area contributed by atoms with Gasteiger partial charge in [0.15, 0.2) is 0 Å². The second-order valence-corrected chi connectivity index (χ2v) is 3.53. The zero-order valence-corrected chi connectivity index (χ0v) is 7.89. The number of nitrogens with one attached hydrogen (secondary N) is 1. The van der Waals surface area contributed by atoms with Crippen LogP contribution in [0, 0.1) is 0 Å². The lowest BCUT2D eigenvalue weighted by molar-refractivity contribution is -0.119. The Hall–Kier alpha value is -0.830. The molecule has 0 aromatic heterocycles. The summed E-state index contributed by atoms with van der Waals surface area (Å²) in [5, 5.41) is 3.22. The number of hydrogen-bond acceptors (Lipinski definition) is 2. The summed E-state index contributed by atoms with van der Waals surface area (Å²) in [6, 6.07) is 0. The zero-order valence-electron chi connectivity index (χ0n) is 7.89. The van der Waals surface area contributed by atoms with Gasteiger partial charge < -0.3 is 11.1 Å². The van der Waals surface area contributed by atoms with Crippen LogP contribution in [0.3, 0.4) is 0 Å². The molecule has 0 aliphatic heterocycles. The number of carbonyl (C=O) groups is 1. The highest BCUT2D eigenvalue weighted by molar-refractivity contribution is 5.74. The molecule has 0 aromatic carbocycles. The van der Waals surface area contributed by atoms with Gasteiger partial charge in [0.2, 0.25) is 5.91 Å². The Labute approximate surface area is 74.0 Å². The van der Waals surface area contributed by atoms with Crippen LogP contribution in [0.15, 0.2) is 12.7 Å². The minimum atomic E-state index is -0.272. The Morgan fingerprint density at radius 2 is 2.25 bits per heavy atom. The van der Waals surface area contributed by atoms with Crippen molar-refractivity contribution in [2.75, 3.05) is 6.54 Å². The Kier molecular flexibility index (Phi) is 4.59. The van der Waals surface area contributed by atoms with Crippen molar-refractivity contribution < 1.29 is 4.79 Å².